The molecule has 2 aliphatic carbocycles. The van der Waals surface area contributed by atoms with Gasteiger partial charge in [0.1, 0.15) is 0 Å². The summed E-state index contributed by atoms with van der Waals surface area (Å²) in [4.78, 5) is 15.5. The Hall–Kier alpha value is -1.06. The molecular weight excluding hydrogens is 308 g/mol. The summed E-state index contributed by atoms with van der Waals surface area (Å²) in [7, 11) is 0. The number of carbonyl (C=O) groups excluding carboxylic acids is 1. The van der Waals surface area contributed by atoms with Gasteiger partial charge in [-0.05, 0) is 56.2 Å². The summed E-state index contributed by atoms with van der Waals surface area (Å²) in [6.45, 7) is 2.07. The fourth-order valence-electron chi connectivity index (χ4n) is 5.44. The minimum atomic E-state index is 0. The summed E-state index contributed by atoms with van der Waals surface area (Å²) in [6.07, 6.45) is 6.98. The minimum Gasteiger partial charge on any atom is -0.335 e. The summed E-state index contributed by atoms with van der Waals surface area (Å²) in [5.41, 5.74) is 3.17. The molecule has 1 spiro atoms. The van der Waals surface area contributed by atoms with Crippen LogP contribution < -0.4 is 5.32 Å². The number of carbonyl (C=O) groups is 1. The van der Waals surface area contributed by atoms with Gasteiger partial charge in [-0.15, -0.1) is 12.4 Å². The van der Waals surface area contributed by atoms with Crippen LogP contribution in [0.5, 0.6) is 0 Å². The third kappa shape index (κ3) is 2.16. The Morgan fingerprint density at radius 3 is 2.91 bits per heavy atom. The summed E-state index contributed by atoms with van der Waals surface area (Å²) in [6, 6.07) is 9.76. The maximum atomic E-state index is 13.2. The van der Waals surface area contributed by atoms with Gasteiger partial charge in [0.25, 0.3) is 0 Å². The monoisotopic (exact) mass is 332 g/mol. The Bertz CT molecular complexity index is 620. The predicted octanol–water partition coefficient (Wildman–Crippen LogP) is 2.67. The van der Waals surface area contributed by atoms with Crippen molar-refractivity contribution < 1.29 is 4.79 Å². The number of amides is 1. The van der Waals surface area contributed by atoms with Crippen LogP contribution in [0.3, 0.4) is 0 Å². The van der Waals surface area contributed by atoms with Crippen LogP contribution in [0.4, 0.5) is 0 Å². The Kier molecular flexibility index (Phi) is 3.69. The lowest BCUT2D eigenvalue weighted by atomic mass is 9.94. The maximum absolute atomic E-state index is 13.2. The first kappa shape index (κ1) is 15.5. The van der Waals surface area contributed by atoms with Gasteiger partial charge in [-0.3, -0.25) is 4.79 Å². The van der Waals surface area contributed by atoms with Crippen LogP contribution >= 0.6 is 12.4 Å². The third-order valence-corrected chi connectivity index (χ3v) is 6.68. The zero-order valence-electron chi connectivity index (χ0n) is 13.5. The smallest absolute Gasteiger partial charge is 0.227 e. The van der Waals surface area contributed by atoms with E-state index in [0.29, 0.717) is 18.0 Å². The van der Waals surface area contributed by atoms with Crippen molar-refractivity contribution >= 4 is 18.3 Å². The van der Waals surface area contributed by atoms with Gasteiger partial charge in [0.15, 0.2) is 0 Å². The van der Waals surface area contributed by atoms with Crippen molar-refractivity contribution in [3.05, 3.63) is 35.4 Å². The summed E-state index contributed by atoms with van der Waals surface area (Å²) >= 11 is 0. The molecule has 2 saturated heterocycles. The molecular formula is C19H25ClN2O. The topological polar surface area (TPSA) is 32.3 Å². The number of rotatable bonds is 1. The average Bonchev–Trinajstić information content (AvgIpc) is 3.02. The highest BCUT2D eigenvalue weighted by atomic mass is 35.5. The SMILES string of the molecule is Cl.O=C(C1CC12CCc1ccccc12)N1C2CCNCC1CC2. The molecule has 2 heterocycles. The highest BCUT2D eigenvalue weighted by molar-refractivity contribution is 5.86. The van der Waals surface area contributed by atoms with Crippen LogP contribution in [0.2, 0.25) is 0 Å². The van der Waals surface area contributed by atoms with Gasteiger partial charge in [0.2, 0.25) is 5.91 Å². The summed E-state index contributed by atoms with van der Waals surface area (Å²) in [5.74, 6) is 0.727. The van der Waals surface area contributed by atoms with E-state index in [-0.39, 0.29) is 23.7 Å². The number of halogens is 1. The molecule has 3 fully saturated rings. The first-order valence-corrected chi connectivity index (χ1v) is 8.91. The van der Waals surface area contributed by atoms with Gasteiger partial charge in [0.05, 0.1) is 0 Å². The Morgan fingerprint density at radius 2 is 2.00 bits per heavy atom. The Balaban J connectivity index is 0.00000135. The van der Waals surface area contributed by atoms with Gasteiger partial charge in [-0.1, -0.05) is 24.3 Å². The van der Waals surface area contributed by atoms with Gasteiger partial charge in [-0.2, -0.15) is 0 Å². The summed E-state index contributed by atoms with van der Waals surface area (Å²) in [5, 5.41) is 3.51. The van der Waals surface area contributed by atoms with E-state index in [2.05, 4.69) is 34.5 Å². The minimum absolute atomic E-state index is 0. The number of benzene rings is 1. The van der Waals surface area contributed by atoms with Crippen LogP contribution in [0.15, 0.2) is 24.3 Å². The molecule has 4 heteroatoms. The van der Waals surface area contributed by atoms with Crippen molar-refractivity contribution in [2.24, 2.45) is 5.92 Å². The zero-order valence-corrected chi connectivity index (χ0v) is 14.3. The molecule has 1 aromatic carbocycles. The molecule has 1 aromatic rings. The van der Waals surface area contributed by atoms with Crippen LogP contribution in [0, 0.1) is 5.92 Å². The molecule has 1 N–H and O–H groups in total. The lowest BCUT2D eigenvalue weighted by Crippen LogP contribution is -2.44. The molecule has 4 aliphatic rings. The number of fused-ring (bicyclic) bond motifs is 4. The van der Waals surface area contributed by atoms with Crippen LogP contribution in [-0.2, 0) is 16.6 Å². The molecule has 124 valence electrons. The van der Waals surface area contributed by atoms with E-state index in [4.69, 9.17) is 0 Å². The van der Waals surface area contributed by atoms with E-state index in [0.717, 1.165) is 32.4 Å². The molecule has 4 atom stereocenters. The van der Waals surface area contributed by atoms with E-state index >= 15 is 0 Å². The standard InChI is InChI=1S/C19H24N2O.ClH/c22-18(21-14-5-6-15(21)12-20-10-8-14)17-11-19(17)9-7-13-3-1-2-4-16(13)19;/h1-4,14-15,17,20H,5-12H2;1H. The van der Waals surface area contributed by atoms with Gasteiger partial charge >= 0.3 is 0 Å². The van der Waals surface area contributed by atoms with Gasteiger partial charge < -0.3 is 10.2 Å². The normalized spacial score (nSPS) is 37.2. The van der Waals surface area contributed by atoms with E-state index in [1.54, 1.807) is 0 Å². The average molecular weight is 333 g/mol. The summed E-state index contributed by atoms with van der Waals surface area (Å²) < 4.78 is 0. The first-order valence-electron chi connectivity index (χ1n) is 8.91. The van der Waals surface area contributed by atoms with Gasteiger partial charge in [0, 0.05) is 30.0 Å². The molecule has 3 nitrogen and oxygen atoms in total. The molecule has 2 bridgehead atoms. The highest BCUT2D eigenvalue weighted by Crippen LogP contribution is 2.62. The third-order valence-electron chi connectivity index (χ3n) is 6.68. The molecule has 0 radical (unpaired) electrons. The molecule has 23 heavy (non-hydrogen) atoms. The first-order chi connectivity index (χ1) is 10.8. The number of nitrogens with one attached hydrogen (secondary N) is 1. The van der Waals surface area contributed by atoms with Crippen molar-refractivity contribution in [2.75, 3.05) is 13.1 Å². The van der Waals surface area contributed by atoms with Crippen molar-refractivity contribution in [3.8, 4) is 0 Å². The number of hydrogen-bond acceptors (Lipinski definition) is 2. The lowest BCUT2D eigenvalue weighted by Gasteiger charge is -2.29. The molecule has 5 rings (SSSR count). The van der Waals surface area contributed by atoms with Crippen LogP contribution in [-0.4, -0.2) is 36.0 Å². The second-order valence-corrected chi connectivity index (χ2v) is 7.69. The van der Waals surface area contributed by atoms with Crippen molar-refractivity contribution in [3.63, 3.8) is 0 Å². The largest absolute Gasteiger partial charge is 0.335 e. The van der Waals surface area contributed by atoms with E-state index in [1.807, 2.05) is 0 Å². The quantitative estimate of drug-likeness (QED) is 0.857. The number of nitrogens with zero attached hydrogens (tertiary/aromatic N) is 1. The second kappa shape index (κ2) is 5.49. The van der Waals surface area contributed by atoms with E-state index < -0.39 is 0 Å². The maximum Gasteiger partial charge on any atom is 0.227 e. The molecule has 2 aliphatic heterocycles. The number of hydrogen-bond donors (Lipinski definition) is 1. The fourth-order valence-corrected chi connectivity index (χ4v) is 5.44. The molecule has 1 saturated carbocycles. The zero-order chi connectivity index (χ0) is 14.7. The molecule has 1 amide bonds. The fraction of sp³-hybridized carbons (Fsp3) is 0.632. The Morgan fingerprint density at radius 1 is 1.17 bits per heavy atom. The lowest BCUT2D eigenvalue weighted by molar-refractivity contribution is -0.135. The number of aryl methyl sites for hydroxylation is 1. The molecule has 4 unspecified atom stereocenters. The van der Waals surface area contributed by atoms with Crippen LogP contribution in [0.25, 0.3) is 0 Å². The second-order valence-electron chi connectivity index (χ2n) is 7.69. The Labute approximate surface area is 144 Å². The van der Waals surface area contributed by atoms with Gasteiger partial charge in [-0.25, -0.2) is 0 Å². The van der Waals surface area contributed by atoms with E-state index in [1.165, 1.54) is 30.4 Å². The van der Waals surface area contributed by atoms with E-state index in [9.17, 15) is 4.79 Å². The predicted molar refractivity (Wildman–Crippen MR) is 92.9 cm³/mol. The van der Waals surface area contributed by atoms with Crippen LogP contribution in [0.1, 0.15) is 43.2 Å². The highest BCUT2D eigenvalue weighted by Gasteiger charge is 2.63. The molecule has 0 aromatic heterocycles. The van der Waals surface area contributed by atoms with Crippen molar-refractivity contribution in [2.45, 2.75) is 56.0 Å². The van der Waals surface area contributed by atoms with Crippen molar-refractivity contribution in [1.29, 1.82) is 0 Å². The van der Waals surface area contributed by atoms with Crippen molar-refractivity contribution in [1.82, 2.24) is 10.2 Å².